The monoisotopic (exact) mass is 436 g/mol. The highest BCUT2D eigenvalue weighted by molar-refractivity contribution is 7.99. The molecule has 0 spiro atoms. The van der Waals surface area contributed by atoms with Crippen molar-refractivity contribution in [3.8, 4) is 11.4 Å². The number of thioether (sulfide) groups is 1. The third-order valence-electron chi connectivity index (χ3n) is 5.53. The van der Waals surface area contributed by atoms with Gasteiger partial charge in [0.1, 0.15) is 11.6 Å². The van der Waals surface area contributed by atoms with Gasteiger partial charge in [0.2, 0.25) is 5.91 Å². The summed E-state index contributed by atoms with van der Waals surface area (Å²) in [6.45, 7) is 0. The third-order valence-corrected chi connectivity index (χ3v) is 6.46. The van der Waals surface area contributed by atoms with Gasteiger partial charge in [-0.15, -0.1) is 10.2 Å². The molecule has 0 bridgehead atoms. The SMILES string of the molecule is COc1ccccc1-n1c(Cc2ccccc2)nnc1SCC(=O)NC1CCCCC1. The maximum absolute atomic E-state index is 12.5. The highest BCUT2D eigenvalue weighted by Crippen LogP contribution is 2.29. The first-order valence-electron chi connectivity index (χ1n) is 10.8. The lowest BCUT2D eigenvalue weighted by Gasteiger charge is -2.22. The molecule has 162 valence electrons. The predicted octanol–water partition coefficient (Wildman–Crippen LogP) is 4.41. The second kappa shape index (κ2) is 10.5. The number of aromatic nitrogens is 3. The van der Waals surface area contributed by atoms with E-state index in [2.05, 4.69) is 27.6 Å². The Kier molecular flexibility index (Phi) is 7.25. The molecular formula is C24H28N4O2S. The minimum absolute atomic E-state index is 0.0519. The van der Waals surface area contributed by atoms with Crippen LogP contribution in [0.5, 0.6) is 5.75 Å². The fourth-order valence-corrected chi connectivity index (χ4v) is 4.76. The molecular weight excluding hydrogens is 408 g/mol. The molecule has 0 saturated heterocycles. The highest BCUT2D eigenvalue weighted by atomic mass is 32.2. The Morgan fingerprint density at radius 2 is 1.81 bits per heavy atom. The van der Waals surface area contributed by atoms with E-state index in [0.717, 1.165) is 35.7 Å². The van der Waals surface area contributed by atoms with E-state index in [4.69, 9.17) is 4.74 Å². The Balaban J connectivity index is 1.56. The van der Waals surface area contributed by atoms with Crippen molar-refractivity contribution in [3.05, 3.63) is 66.0 Å². The van der Waals surface area contributed by atoms with E-state index in [0.29, 0.717) is 23.4 Å². The molecule has 1 aliphatic carbocycles. The number of nitrogens with one attached hydrogen (secondary N) is 1. The molecule has 0 aliphatic heterocycles. The smallest absolute Gasteiger partial charge is 0.230 e. The van der Waals surface area contributed by atoms with Crippen LogP contribution in [0.4, 0.5) is 0 Å². The van der Waals surface area contributed by atoms with Gasteiger partial charge in [0.05, 0.1) is 18.6 Å². The summed E-state index contributed by atoms with van der Waals surface area (Å²) in [5, 5.41) is 12.7. The van der Waals surface area contributed by atoms with E-state index in [1.54, 1.807) is 7.11 Å². The summed E-state index contributed by atoms with van der Waals surface area (Å²) in [4.78, 5) is 12.5. The largest absolute Gasteiger partial charge is 0.495 e. The van der Waals surface area contributed by atoms with Crippen molar-refractivity contribution in [2.24, 2.45) is 0 Å². The van der Waals surface area contributed by atoms with Crippen molar-refractivity contribution in [2.75, 3.05) is 12.9 Å². The van der Waals surface area contributed by atoms with Crippen LogP contribution in [0.25, 0.3) is 5.69 Å². The molecule has 1 amide bonds. The zero-order chi connectivity index (χ0) is 21.5. The summed E-state index contributed by atoms with van der Waals surface area (Å²) in [6.07, 6.45) is 6.46. The number of methoxy groups -OCH3 is 1. The number of amides is 1. The van der Waals surface area contributed by atoms with Crippen LogP contribution >= 0.6 is 11.8 Å². The highest BCUT2D eigenvalue weighted by Gasteiger charge is 2.20. The zero-order valence-corrected chi connectivity index (χ0v) is 18.6. The topological polar surface area (TPSA) is 69.0 Å². The Labute approximate surface area is 187 Å². The Hall–Kier alpha value is -2.80. The van der Waals surface area contributed by atoms with Crippen LogP contribution in [0.1, 0.15) is 43.5 Å². The molecule has 1 N–H and O–H groups in total. The number of carbonyl (C=O) groups is 1. The van der Waals surface area contributed by atoms with Gasteiger partial charge in [-0.05, 0) is 30.5 Å². The van der Waals surface area contributed by atoms with E-state index < -0.39 is 0 Å². The van der Waals surface area contributed by atoms with Gasteiger partial charge in [-0.1, -0.05) is 73.5 Å². The number of hydrogen-bond donors (Lipinski definition) is 1. The van der Waals surface area contributed by atoms with Crippen molar-refractivity contribution < 1.29 is 9.53 Å². The van der Waals surface area contributed by atoms with Gasteiger partial charge in [-0.2, -0.15) is 0 Å². The predicted molar refractivity (Wildman–Crippen MR) is 123 cm³/mol. The van der Waals surface area contributed by atoms with Gasteiger partial charge in [-0.25, -0.2) is 0 Å². The number of ether oxygens (including phenoxy) is 1. The van der Waals surface area contributed by atoms with Crippen LogP contribution < -0.4 is 10.1 Å². The summed E-state index contributed by atoms with van der Waals surface area (Å²) in [7, 11) is 1.66. The molecule has 1 saturated carbocycles. The van der Waals surface area contributed by atoms with Crippen LogP contribution in [-0.4, -0.2) is 39.6 Å². The summed E-state index contributed by atoms with van der Waals surface area (Å²) in [5.74, 6) is 1.92. The van der Waals surface area contributed by atoms with Crippen LogP contribution in [-0.2, 0) is 11.2 Å². The molecule has 7 heteroatoms. The van der Waals surface area contributed by atoms with Crippen molar-refractivity contribution in [2.45, 2.75) is 49.7 Å². The molecule has 4 rings (SSSR count). The van der Waals surface area contributed by atoms with Crippen molar-refractivity contribution in [1.82, 2.24) is 20.1 Å². The normalized spacial score (nSPS) is 14.4. The number of hydrogen-bond acceptors (Lipinski definition) is 5. The van der Waals surface area contributed by atoms with Crippen molar-refractivity contribution >= 4 is 17.7 Å². The van der Waals surface area contributed by atoms with Gasteiger partial charge in [-0.3, -0.25) is 9.36 Å². The molecule has 1 aromatic heterocycles. The Morgan fingerprint density at radius 3 is 2.58 bits per heavy atom. The molecule has 31 heavy (non-hydrogen) atoms. The second-order valence-electron chi connectivity index (χ2n) is 7.76. The molecule has 0 radical (unpaired) electrons. The zero-order valence-electron chi connectivity index (χ0n) is 17.8. The molecule has 1 heterocycles. The van der Waals surface area contributed by atoms with Gasteiger partial charge in [0.25, 0.3) is 0 Å². The lowest BCUT2D eigenvalue weighted by atomic mass is 9.95. The minimum atomic E-state index is 0.0519. The van der Waals surface area contributed by atoms with E-state index in [-0.39, 0.29) is 5.91 Å². The maximum Gasteiger partial charge on any atom is 0.230 e. The number of nitrogens with zero attached hydrogens (tertiary/aromatic N) is 3. The maximum atomic E-state index is 12.5. The number of carbonyl (C=O) groups excluding carboxylic acids is 1. The van der Waals surface area contributed by atoms with Gasteiger partial charge < -0.3 is 10.1 Å². The summed E-state index contributed by atoms with van der Waals surface area (Å²) < 4.78 is 7.59. The molecule has 6 nitrogen and oxygen atoms in total. The van der Waals surface area contributed by atoms with E-state index in [1.165, 1.54) is 31.0 Å². The number of rotatable bonds is 8. The third kappa shape index (κ3) is 5.47. The molecule has 1 aliphatic rings. The fourth-order valence-electron chi connectivity index (χ4n) is 3.99. The van der Waals surface area contributed by atoms with Gasteiger partial charge >= 0.3 is 0 Å². The van der Waals surface area contributed by atoms with Gasteiger partial charge in [0, 0.05) is 12.5 Å². The lowest BCUT2D eigenvalue weighted by molar-refractivity contribution is -0.119. The van der Waals surface area contributed by atoms with E-state index >= 15 is 0 Å². The molecule has 1 fully saturated rings. The summed E-state index contributed by atoms with van der Waals surface area (Å²) in [6, 6.07) is 18.3. The minimum Gasteiger partial charge on any atom is -0.495 e. The molecule has 2 aromatic carbocycles. The second-order valence-corrected chi connectivity index (χ2v) is 8.70. The summed E-state index contributed by atoms with van der Waals surface area (Å²) >= 11 is 1.41. The van der Waals surface area contributed by atoms with E-state index in [1.807, 2.05) is 47.0 Å². The Bertz CT molecular complexity index is 1000. The Morgan fingerprint density at radius 1 is 1.06 bits per heavy atom. The standard InChI is InChI=1S/C24H28N4O2S/c1-30-21-15-9-8-14-20(21)28-22(16-18-10-4-2-5-11-18)26-27-24(28)31-17-23(29)25-19-12-6-3-7-13-19/h2,4-5,8-11,14-15,19H,3,6-7,12-13,16-17H2,1H3,(H,25,29). The van der Waals surface area contributed by atoms with Crippen molar-refractivity contribution in [3.63, 3.8) is 0 Å². The van der Waals surface area contributed by atoms with Gasteiger partial charge in [0.15, 0.2) is 5.16 Å². The first kappa shape index (κ1) is 21.4. The van der Waals surface area contributed by atoms with Crippen LogP contribution in [0.2, 0.25) is 0 Å². The van der Waals surface area contributed by atoms with Crippen LogP contribution in [0, 0.1) is 0 Å². The number of benzene rings is 2. The van der Waals surface area contributed by atoms with Crippen molar-refractivity contribution in [1.29, 1.82) is 0 Å². The van der Waals surface area contributed by atoms with Crippen LogP contribution in [0.15, 0.2) is 59.8 Å². The average Bonchev–Trinajstić information content (AvgIpc) is 3.21. The first-order valence-corrected chi connectivity index (χ1v) is 11.8. The lowest BCUT2D eigenvalue weighted by Crippen LogP contribution is -2.37. The van der Waals surface area contributed by atoms with E-state index in [9.17, 15) is 4.79 Å². The number of para-hydroxylation sites is 2. The summed E-state index contributed by atoms with van der Waals surface area (Å²) in [5.41, 5.74) is 2.02. The van der Waals surface area contributed by atoms with Crippen LogP contribution in [0.3, 0.4) is 0 Å². The first-order chi connectivity index (χ1) is 15.2. The fraction of sp³-hybridized carbons (Fsp3) is 0.375. The quantitative estimate of drug-likeness (QED) is 0.530. The molecule has 0 atom stereocenters. The molecule has 0 unspecified atom stereocenters. The molecule has 3 aromatic rings. The average molecular weight is 437 g/mol.